The highest BCUT2D eigenvalue weighted by atomic mass is 16.7. The molecule has 0 radical (unpaired) electrons. The van der Waals surface area contributed by atoms with Crippen molar-refractivity contribution < 1.29 is 33.3 Å². The molecule has 0 spiro atoms. The zero-order valence-corrected chi connectivity index (χ0v) is 25.4. The summed E-state index contributed by atoms with van der Waals surface area (Å²) < 4.78 is 28.7. The van der Waals surface area contributed by atoms with Crippen LogP contribution >= 0.6 is 0 Å². The second-order valence-corrected chi connectivity index (χ2v) is 11.7. The van der Waals surface area contributed by atoms with Crippen LogP contribution in [0.5, 0.6) is 0 Å². The minimum Gasteiger partial charge on any atom is -0.444 e. The first-order chi connectivity index (χ1) is 19.9. The van der Waals surface area contributed by atoms with Gasteiger partial charge >= 0.3 is 12.2 Å². The molecule has 11 heteroatoms. The smallest absolute Gasteiger partial charge is 0.444 e. The molecule has 2 aromatic rings. The van der Waals surface area contributed by atoms with Crippen LogP contribution < -0.4 is 5.32 Å². The summed E-state index contributed by atoms with van der Waals surface area (Å²) in [6, 6.07) is 18.4. The summed E-state index contributed by atoms with van der Waals surface area (Å²) >= 11 is 0. The molecule has 0 saturated heterocycles. The maximum atomic E-state index is 12.4. The zero-order chi connectivity index (χ0) is 31.0. The Balaban J connectivity index is 2.25. The minimum atomic E-state index is -0.848. The Bertz CT molecular complexity index is 1130. The number of rotatable bonds is 15. The molecular formula is C31H44N4O7. The number of nitrogens with one attached hydrogen (secondary N) is 1. The molecule has 0 heterocycles. The van der Waals surface area contributed by atoms with Crippen molar-refractivity contribution in [1.82, 2.24) is 5.32 Å². The van der Waals surface area contributed by atoms with E-state index in [0.717, 1.165) is 11.1 Å². The maximum absolute atomic E-state index is 12.4. The highest BCUT2D eigenvalue weighted by molar-refractivity contribution is 5.67. The van der Waals surface area contributed by atoms with E-state index in [-0.39, 0.29) is 19.8 Å². The molecule has 0 bridgehead atoms. The van der Waals surface area contributed by atoms with Gasteiger partial charge in [0.15, 0.2) is 0 Å². The van der Waals surface area contributed by atoms with E-state index >= 15 is 0 Å². The van der Waals surface area contributed by atoms with Gasteiger partial charge in [0.05, 0.1) is 25.4 Å². The number of azide groups is 1. The average molecular weight is 585 g/mol. The van der Waals surface area contributed by atoms with Gasteiger partial charge in [0.25, 0.3) is 0 Å². The molecule has 230 valence electrons. The molecule has 2 rings (SSSR count). The van der Waals surface area contributed by atoms with Gasteiger partial charge in [-0.1, -0.05) is 65.8 Å². The van der Waals surface area contributed by atoms with Gasteiger partial charge in [-0.3, -0.25) is 0 Å². The Morgan fingerprint density at radius 1 is 0.857 bits per heavy atom. The quantitative estimate of drug-likeness (QED) is 0.0774. The number of alkyl carbamates (subject to hydrolysis) is 1. The molecule has 0 unspecified atom stereocenters. The van der Waals surface area contributed by atoms with Crippen molar-refractivity contribution in [3.8, 4) is 0 Å². The number of hydrogen-bond acceptors (Lipinski definition) is 8. The first kappa shape index (κ1) is 34.4. The molecule has 0 saturated carbocycles. The van der Waals surface area contributed by atoms with Crippen molar-refractivity contribution in [2.45, 2.75) is 97.0 Å². The minimum absolute atomic E-state index is 0.200. The Kier molecular flexibility index (Phi) is 14.1. The van der Waals surface area contributed by atoms with Gasteiger partial charge in [-0.2, -0.15) is 0 Å². The molecule has 3 atom stereocenters. The van der Waals surface area contributed by atoms with Gasteiger partial charge in [-0.05, 0) is 71.0 Å². The summed E-state index contributed by atoms with van der Waals surface area (Å²) in [6.07, 6.45) is -2.16. The van der Waals surface area contributed by atoms with Crippen molar-refractivity contribution in [2.24, 2.45) is 5.11 Å². The van der Waals surface area contributed by atoms with Gasteiger partial charge in [-0.25, -0.2) is 9.59 Å². The van der Waals surface area contributed by atoms with Crippen LogP contribution in [0.1, 0.15) is 65.5 Å². The predicted octanol–water partition coefficient (Wildman–Crippen LogP) is 7.09. The second kappa shape index (κ2) is 17.2. The standard InChI is InChI=1S/C31H44N4O7/c1-30(2,3)41-28(36)33-19-13-18-25(34-35-32)27(39-21-24-16-11-8-12-17-24)26(22-40-29(37)42-31(4,5)6)38-20-23-14-9-7-10-15-23/h7-12,14-17,25-27H,13,18-22H2,1-6H3,(H,33,36)/t25-,26-,27+/m0/s1. The van der Waals surface area contributed by atoms with E-state index in [4.69, 9.17) is 23.7 Å². The van der Waals surface area contributed by atoms with E-state index in [1.54, 1.807) is 41.5 Å². The highest BCUT2D eigenvalue weighted by Gasteiger charge is 2.33. The summed E-state index contributed by atoms with van der Waals surface area (Å²) in [5, 5.41) is 6.75. The Morgan fingerprint density at radius 3 is 1.93 bits per heavy atom. The average Bonchev–Trinajstić information content (AvgIpc) is 2.91. The van der Waals surface area contributed by atoms with Crippen LogP contribution in [0.25, 0.3) is 10.4 Å². The maximum Gasteiger partial charge on any atom is 0.508 e. The zero-order valence-electron chi connectivity index (χ0n) is 25.4. The van der Waals surface area contributed by atoms with Crippen LogP contribution in [-0.4, -0.2) is 54.9 Å². The molecule has 0 aliphatic carbocycles. The fraction of sp³-hybridized carbons (Fsp3) is 0.548. The summed E-state index contributed by atoms with van der Waals surface area (Å²) in [5.74, 6) is 0. The largest absolute Gasteiger partial charge is 0.508 e. The highest BCUT2D eigenvalue weighted by Crippen LogP contribution is 2.22. The Labute approximate surface area is 248 Å². The van der Waals surface area contributed by atoms with Crippen molar-refractivity contribution in [3.05, 3.63) is 82.2 Å². The third kappa shape index (κ3) is 14.7. The van der Waals surface area contributed by atoms with Gasteiger partial charge in [0, 0.05) is 11.5 Å². The third-order valence-electron chi connectivity index (χ3n) is 5.64. The fourth-order valence-electron chi connectivity index (χ4n) is 3.85. The second-order valence-electron chi connectivity index (χ2n) is 11.7. The lowest BCUT2D eigenvalue weighted by molar-refractivity contribution is -0.121. The molecule has 1 amide bonds. The number of benzene rings is 2. The van der Waals surface area contributed by atoms with Crippen LogP contribution in [0, 0.1) is 0 Å². The molecule has 0 aliphatic heterocycles. The number of carbonyl (C=O) groups excluding carboxylic acids is 2. The number of ether oxygens (including phenoxy) is 5. The monoisotopic (exact) mass is 584 g/mol. The normalized spacial score (nSPS) is 13.7. The van der Waals surface area contributed by atoms with Gasteiger partial charge in [-0.15, -0.1) is 0 Å². The molecule has 2 aromatic carbocycles. The van der Waals surface area contributed by atoms with Crippen LogP contribution in [0.4, 0.5) is 9.59 Å². The van der Waals surface area contributed by atoms with E-state index in [1.165, 1.54) is 0 Å². The third-order valence-corrected chi connectivity index (χ3v) is 5.64. The summed E-state index contributed by atoms with van der Waals surface area (Å²) in [7, 11) is 0. The predicted molar refractivity (Wildman–Crippen MR) is 159 cm³/mol. The lowest BCUT2D eigenvalue weighted by Gasteiger charge is -2.32. The van der Waals surface area contributed by atoms with Gasteiger partial charge in [0.1, 0.15) is 23.9 Å². The van der Waals surface area contributed by atoms with Gasteiger partial charge < -0.3 is 29.0 Å². The molecule has 11 nitrogen and oxygen atoms in total. The lowest BCUT2D eigenvalue weighted by atomic mass is 10.0. The van der Waals surface area contributed by atoms with E-state index in [1.807, 2.05) is 60.7 Å². The Morgan fingerprint density at radius 2 is 1.40 bits per heavy atom. The molecule has 42 heavy (non-hydrogen) atoms. The van der Waals surface area contributed by atoms with Crippen molar-refractivity contribution >= 4 is 12.2 Å². The fourth-order valence-corrected chi connectivity index (χ4v) is 3.85. The number of hydrogen-bond donors (Lipinski definition) is 1. The SMILES string of the molecule is CC(C)(C)OC(=O)NCCC[C@H](N=[N+]=[N-])[C@@H](OCc1ccccc1)[C@H](COC(=O)OC(C)(C)C)OCc1ccccc1. The van der Waals surface area contributed by atoms with Crippen molar-refractivity contribution in [3.63, 3.8) is 0 Å². The molecular weight excluding hydrogens is 540 g/mol. The summed E-state index contributed by atoms with van der Waals surface area (Å²) in [5.41, 5.74) is 9.90. The first-order valence-electron chi connectivity index (χ1n) is 14.0. The van der Waals surface area contributed by atoms with E-state index < -0.39 is 41.7 Å². The van der Waals surface area contributed by atoms with Crippen molar-refractivity contribution in [2.75, 3.05) is 13.2 Å². The first-order valence-corrected chi connectivity index (χ1v) is 14.0. The number of carbonyl (C=O) groups is 2. The van der Waals surface area contributed by atoms with Crippen LogP contribution in [0.2, 0.25) is 0 Å². The van der Waals surface area contributed by atoms with Crippen LogP contribution in [0.3, 0.4) is 0 Å². The van der Waals surface area contributed by atoms with Crippen molar-refractivity contribution in [1.29, 1.82) is 0 Å². The van der Waals surface area contributed by atoms with E-state index in [2.05, 4.69) is 15.3 Å². The lowest BCUT2D eigenvalue weighted by Crippen LogP contribution is -2.44. The number of amides is 1. The van der Waals surface area contributed by atoms with Crippen LogP contribution in [-0.2, 0) is 36.9 Å². The molecule has 0 aromatic heterocycles. The molecule has 0 fully saturated rings. The molecule has 0 aliphatic rings. The van der Waals surface area contributed by atoms with E-state index in [0.29, 0.717) is 19.4 Å². The summed E-state index contributed by atoms with van der Waals surface area (Å²) in [4.78, 5) is 27.6. The topological polar surface area (TPSA) is 141 Å². The van der Waals surface area contributed by atoms with E-state index in [9.17, 15) is 15.1 Å². The van der Waals surface area contributed by atoms with Crippen LogP contribution in [0.15, 0.2) is 65.8 Å². The molecule has 1 N–H and O–H groups in total. The number of nitrogens with zero attached hydrogens (tertiary/aromatic N) is 3. The Hall–Kier alpha value is -3.79. The van der Waals surface area contributed by atoms with Gasteiger partial charge in [0.2, 0.25) is 0 Å². The summed E-state index contributed by atoms with van der Waals surface area (Å²) in [6.45, 7) is 11.1.